The van der Waals surface area contributed by atoms with E-state index in [0.717, 1.165) is 17.8 Å². The first-order valence-corrected chi connectivity index (χ1v) is 7.81. The average molecular weight is 308 g/mol. The molecule has 1 aliphatic rings. The van der Waals surface area contributed by atoms with Gasteiger partial charge in [0.1, 0.15) is 6.04 Å². The molecule has 0 aromatic heterocycles. The lowest BCUT2D eigenvalue weighted by Crippen LogP contribution is -2.33. The highest BCUT2D eigenvalue weighted by molar-refractivity contribution is 6.06. The van der Waals surface area contributed by atoms with Crippen LogP contribution in [0.1, 0.15) is 33.9 Å². The van der Waals surface area contributed by atoms with Gasteiger partial charge in [0.25, 0.3) is 5.91 Å². The van der Waals surface area contributed by atoms with Gasteiger partial charge in [0, 0.05) is 11.1 Å². The molecule has 0 spiro atoms. The zero-order valence-electron chi connectivity index (χ0n) is 13.8. The lowest BCUT2D eigenvalue weighted by molar-refractivity contribution is -0.921. The largest absolute Gasteiger partial charge is 0.306 e. The maximum Gasteiger partial charge on any atom is 0.256 e. The van der Waals surface area contributed by atoms with Crippen molar-refractivity contribution in [3.05, 3.63) is 71.3 Å². The number of carbonyl (C=O) groups is 1. The van der Waals surface area contributed by atoms with Crippen LogP contribution in [0, 0.1) is 6.92 Å². The summed E-state index contributed by atoms with van der Waals surface area (Å²) in [5.41, 5.74) is 3.04. The Hall–Kier alpha value is -2.46. The Kier molecular flexibility index (Phi) is 4.01. The van der Waals surface area contributed by atoms with Crippen LogP contribution in [0.25, 0.3) is 0 Å². The summed E-state index contributed by atoms with van der Waals surface area (Å²) in [6.45, 7) is 2.01. The molecule has 2 aromatic carbocycles. The van der Waals surface area contributed by atoms with Crippen molar-refractivity contribution in [2.45, 2.75) is 19.4 Å². The van der Waals surface area contributed by atoms with Crippen molar-refractivity contribution < 1.29 is 9.39 Å². The second kappa shape index (κ2) is 5.97. The fourth-order valence-corrected chi connectivity index (χ4v) is 2.97. The summed E-state index contributed by atoms with van der Waals surface area (Å²) in [6, 6.07) is 18.1. The molecule has 4 nitrogen and oxygen atoms in total. The standard InChI is InChI=1S/C19H21N3O/c1-14-9-11-16(12-10-14)19(23)20-18-13-17(22(2,3)21-18)15-7-5-4-6-8-15/h4-12,17H,13H2,1-3H3/p+1. The summed E-state index contributed by atoms with van der Waals surface area (Å²) < 4.78 is 0.494. The summed E-state index contributed by atoms with van der Waals surface area (Å²) in [5, 5.41) is 7.65. The zero-order valence-corrected chi connectivity index (χ0v) is 13.8. The van der Waals surface area contributed by atoms with E-state index in [1.807, 2.05) is 49.4 Å². The van der Waals surface area contributed by atoms with Gasteiger partial charge in [-0.25, -0.2) is 0 Å². The number of carbonyl (C=O) groups excluding carboxylic acids is 1. The number of amides is 1. The minimum atomic E-state index is -0.0996. The van der Waals surface area contributed by atoms with Gasteiger partial charge < -0.3 is 5.32 Å². The van der Waals surface area contributed by atoms with E-state index in [2.05, 4.69) is 36.6 Å². The van der Waals surface area contributed by atoms with Gasteiger partial charge in [0.15, 0.2) is 5.84 Å². The van der Waals surface area contributed by atoms with E-state index in [9.17, 15) is 4.79 Å². The molecule has 0 fully saturated rings. The number of amidine groups is 1. The topological polar surface area (TPSA) is 41.5 Å². The highest BCUT2D eigenvalue weighted by atomic mass is 16.1. The quantitative estimate of drug-likeness (QED) is 0.850. The van der Waals surface area contributed by atoms with Crippen molar-refractivity contribution in [3.8, 4) is 0 Å². The van der Waals surface area contributed by atoms with Gasteiger partial charge in [-0.15, -0.1) is 0 Å². The number of benzene rings is 2. The van der Waals surface area contributed by atoms with Crippen LogP contribution in [0.3, 0.4) is 0 Å². The SMILES string of the molecule is Cc1ccc(C(=O)NC2=N[N+](C)(C)C(c3ccccc3)C2)cc1. The van der Waals surface area contributed by atoms with Gasteiger partial charge in [0.2, 0.25) is 0 Å². The normalized spacial score (nSPS) is 19.3. The summed E-state index contributed by atoms with van der Waals surface area (Å²) in [5.74, 6) is 0.645. The molecule has 0 saturated carbocycles. The van der Waals surface area contributed by atoms with Gasteiger partial charge in [-0.2, -0.15) is 4.59 Å². The maximum absolute atomic E-state index is 12.4. The molecule has 1 aliphatic heterocycles. The number of aryl methyl sites for hydroxylation is 1. The third-order valence-corrected chi connectivity index (χ3v) is 4.28. The van der Waals surface area contributed by atoms with E-state index in [-0.39, 0.29) is 11.9 Å². The van der Waals surface area contributed by atoms with Gasteiger partial charge >= 0.3 is 0 Å². The Bertz CT molecular complexity index is 733. The molecule has 1 N–H and O–H groups in total. The Labute approximate surface area is 137 Å². The molecule has 0 radical (unpaired) electrons. The van der Waals surface area contributed by atoms with Crippen LogP contribution < -0.4 is 5.32 Å². The summed E-state index contributed by atoms with van der Waals surface area (Å²) in [4.78, 5) is 12.4. The minimum absolute atomic E-state index is 0.0996. The fourth-order valence-electron chi connectivity index (χ4n) is 2.97. The Morgan fingerprint density at radius 2 is 1.74 bits per heavy atom. The van der Waals surface area contributed by atoms with E-state index < -0.39 is 0 Å². The summed E-state index contributed by atoms with van der Waals surface area (Å²) >= 11 is 0. The molecule has 0 saturated heterocycles. The average Bonchev–Trinajstić information content (AvgIpc) is 2.83. The van der Waals surface area contributed by atoms with Gasteiger partial charge in [-0.3, -0.25) is 4.79 Å². The first-order valence-electron chi connectivity index (χ1n) is 7.81. The molecule has 3 rings (SSSR count). The third kappa shape index (κ3) is 3.32. The van der Waals surface area contributed by atoms with Crippen LogP contribution in [0.15, 0.2) is 59.7 Å². The van der Waals surface area contributed by atoms with Gasteiger partial charge in [-0.05, 0) is 19.1 Å². The molecule has 118 valence electrons. The lowest BCUT2D eigenvalue weighted by Gasteiger charge is -2.26. The number of nitrogens with one attached hydrogen (secondary N) is 1. The van der Waals surface area contributed by atoms with Crippen LogP contribution in [0.4, 0.5) is 0 Å². The predicted octanol–water partition coefficient (Wildman–Crippen LogP) is 3.26. The number of nitrogens with zero attached hydrogens (tertiary/aromatic N) is 2. The van der Waals surface area contributed by atoms with E-state index >= 15 is 0 Å². The fraction of sp³-hybridized carbons (Fsp3) is 0.263. The molecule has 1 heterocycles. The molecule has 1 atom stereocenters. The summed E-state index contributed by atoms with van der Waals surface area (Å²) in [6.07, 6.45) is 0.731. The Morgan fingerprint density at radius 3 is 2.39 bits per heavy atom. The predicted molar refractivity (Wildman–Crippen MR) is 92.0 cm³/mol. The second-order valence-corrected chi connectivity index (χ2v) is 6.48. The maximum atomic E-state index is 12.4. The van der Waals surface area contributed by atoms with Gasteiger partial charge in [-0.1, -0.05) is 53.1 Å². The van der Waals surface area contributed by atoms with Crippen LogP contribution in [-0.4, -0.2) is 30.4 Å². The van der Waals surface area contributed by atoms with Crippen LogP contribution in [-0.2, 0) is 0 Å². The third-order valence-electron chi connectivity index (χ3n) is 4.28. The van der Waals surface area contributed by atoms with Crippen LogP contribution in [0.5, 0.6) is 0 Å². The van der Waals surface area contributed by atoms with Crippen molar-refractivity contribution in [3.63, 3.8) is 0 Å². The monoisotopic (exact) mass is 308 g/mol. The highest BCUT2D eigenvalue weighted by Gasteiger charge is 2.39. The zero-order chi connectivity index (χ0) is 16.4. The van der Waals surface area contributed by atoms with Crippen molar-refractivity contribution in [2.75, 3.05) is 14.1 Å². The highest BCUT2D eigenvalue weighted by Crippen LogP contribution is 2.33. The number of hydrogen-bond acceptors (Lipinski definition) is 2. The minimum Gasteiger partial charge on any atom is -0.306 e. The van der Waals surface area contributed by atoms with Crippen molar-refractivity contribution in [1.82, 2.24) is 5.32 Å². The van der Waals surface area contributed by atoms with Crippen molar-refractivity contribution in [1.29, 1.82) is 0 Å². The molecule has 1 unspecified atom stereocenters. The van der Waals surface area contributed by atoms with E-state index in [1.165, 1.54) is 5.56 Å². The smallest absolute Gasteiger partial charge is 0.256 e. The first-order chi connectivity index (χ1) is 11.0. The van der Waals surface area contributed by atoms with Crippen LogP contribution >= 0.6 is 0 Å². The Balaban J connectivity index is 1.75. The first kappa shape index (κ1) is 15.4. The van der Waals surface area contributed by atoms with Crippen molar-refractivity contribution in [2.24, 2.45) is 5.10 Å². The van der Waals surface area contributed by atoms with Gasteiger partial charge in [0.05, 0.1) is 20.5 Å². The molecule has 2 aromatic rings. The van der Waals surface area contributed by atoms with E-state index in [1.54, 1.807) is 0 Å². The molecular weight excluding hydrogens is 286 g/mol. The summed E-state index contributed by atoms with van der Waals surface area (Å²) in [7, 11) is 4.12. The Morgan fingerprint density at radius 1 is 1.09 bits per heavy atom. The number of hydrogen-bond donors (Lipinski definition) is 1. The number of rotatable bonds is 2. The number of quaternary nitrogens is 1. The second-order valence-electron chi connectivity index (χ2n) is 6.48. The van der Waals surface area contributed by atoms with E-state index in [4.69, 9.17) is 0 Å². The molecule has 1 amide bonds. The molecular formula is C19H22N3O+. The van der Waals surface area contributed by atoms with Crippen LogP contribution in [0.2, 0.25) is 0 Å². The molecule has 4 heteroatoms. The lowest BCUT2D eigenvalue weighted by atomic mass is 10.0. The molecule has 23 heavy (non-hydrogen) atoms. The van der Waals surface area contributed by atoms with Crippen molar-refractivity contribution >= 4 is 11.7 Å². The molecule has 0 bridgehead atoms. The van der Waals surface area contributed by atoms with E-state index in [0.29, 0.717) is 10.2 Å². The molecule has 0 aliphatic carbocycles.